The SMILES string of the molecule is COc1cc(O)cc(CNC2(C(N)=O)CC(O)C2)c1. The summed E-state index contributed by atoms with van der Waals surface area (Å²) in [6.45, 7) is 0.362. The Hall–Kier alpha value is -1.79. The fourth-order valence-corrected chi connectivity index (χ4v) is 2.31. The third-order valence-corrected chi connectivity index (χ3v) is 3.46. The Kier molecular flexibility index (Phi) is 3.64. The summed E-state index contributed by atoms with van der Waals surface area (Å²) in [7, 11) is 1.51. The van der Waals surface area contributed by atoms with Crippen molar-refractivity contribution >= 4 is 5.91 Å². The molecule has 1 amide bonds. The van der Waals surface area contributed by atoms with Crippen LogP contribution in [0.15, 0.2) is 18.2 Å². The molecule has 104 valence electrons. The van der Waals surface area contributed by atoms with E-state index < -0.39 is 17.6 Å². The van der Waals surface area contributed by atoms with Crippen molar-refractivity contribution in [3.63, 3.8) is 0 Å². The van der Waals surface area contributed by atoms with E-state index in [1.807, 2.05) is 0 Å². The molecule has 1 aliphatic rings. The molecule has 1 aliphatic carbocycles. The Morgan fingerprint density at radius 3 is 2.74 bits per heavy atom. The second-order valence-electron chi connectivity index (χ2n) is 4.90. The van der Waals surface area contributed by atoms with Crippen LogP contribution in [0.5, 0.6) is 11.5 Å². The highest BCUT2D eigenvalue weighted by molar-refractivity contribution is 5.86. The van der Waals surface area contributed by atoms with Crippen LogP contribution in [0.2, 0.25) is 0 Å². The number of aliphatic hydroxyl groups is 1. The molecule has 19 heavy (non-hydrogen) atoms. The first-order valence-electron chi connectivity index (χ1n) is 6.05. The number of nitrogens with two attached hydrogens (primary N) is 1. The van der Waals surface area contributed by atoms with E-state index in [1.54, 1.807) is 12.1 Å². The number of carbonyl (C=O) groups is 1. The molecule has 0 heterocycles. The summed E-state index contributed by atoms with van der Waals surface area (Å²) in [5.74, 6) is 0.168. The van der Waals surface area contributed by atoms with Crippen LogP contribution in [0, 0.1) is 0 Å². The molecule has 0 aliphatic heterocycles. The topological polar surface area (TPSA) is 105 Å². The van der Waals surface area contributed by atoms with Crippen LogP contribution >= 0.6 is 0 Å². The average Bonchev–Trinajstić information content (AvgIpc) is 2.32. The van der Waals surface area contributed by atoms with Crippen molar-refractivity contribution in [1.82, 2.24) is 5.32 Å². The number of phenols is 1. The smallest absolute Gasteiger partial charge is 0.237 e. The number of phenolic OH excluding ortho intramolecular Hbond substituents is 1. The minimum atomic E-state index is -0.849. The van der Waals surface area contributed by atoms with Gasteiger partial charge in [0.1, 0.15) is 17.0 Å². The number of benzene rings is 1. The van der Waals surface area contributed by atoms with Gasteiger partial charge in [0.25, 0.3) is 0 Å². The highest BCUT2D eigenvalue weighted by atomic mass is 16.5. The van der Waals surface area contributed by atoms with Gasteiger partial charge in [-0.05, 0) is 17.7 Å². The van der Waals surface area contributed by atoms with Gasteiger partial charge in [-0.1, -0.05) is 0 Å². The fraction of sp³-hybridized carbons (Fsp3) is 0.462. The van der Waals surface area contributed by atoms with Crippen LogP contribution in [-0.4, -0.2) is 34.9 Å². The molecule has 6 nitrogen and oxygen atoms in total. The van der Waals surface area contributed by atoms with Crippen molar-refractivity contribution in [2.75, 3.05) is 7.11 Å². The van der Waals surface area contributed by atoms with Gasteiger partial charge in [0.05, 0.1) is 13.2 Å². The number of primary amides is 1. The molecule has 0 spiro atoms. The number of aliphatic hydroxyl groups excluding tert-OH is 1. The first-order chi connectivity index (χ1) is 8.95. The normalized spacial score (nSPS) is 25.7. The average molecular weight is 266 g/mol. The lowest BCUT2D eigenvalue weighted by molar-refractivity contribution is -0.133. The molecule has 1 saturated carbocycles. The van der Waals surface area contributed by atoms with Gasteiger partial charge in [-0.3, -0.25) is 10.1 Å². The Bertz CT molecular complexity index is 484. The third kappa shape index (κ3) is 2.80. The van der Waals surface area contributed by atoms with E-state index in [9.17, 15) is 15.0 Å². The monoisotopic (exact) mass is 266 g/mol. The zero-order valence-electron chi connectivity index (χ0n) is 10.7. The molecule has 0 saturated heterocycles. The van der Waals surface area contributed by atoms with Gasteiger partial charge >= 0.3 is 0 Å². The summed E-state index contributed by atoms with van der Waals surface area (Å²) in [5.41, 5.74) is 5.29. The molecule has 0 bridgehead atoms. The first-order valence-corrected chi connectivity index (χ1v) is 6.05. The lowest BCUT2D eigenvalue weighted by Gasteiger charge is -2.43. The van der Waals surface area contributed by atoms with Crippen LogP contribution < -0.4 is 15.8 Å². The quantitative estimate of drug-likeness (QED) is 0.594. The van der Waals surface area contributed by atoms with Crippen LogP contribution in [0.1, 0.15) is 18.4 Å². The summed E-state index contributed by atoms with van der Waals surface area (Å²) in [5, 5.41) is 21.9. The van der Waals surface area contributed by atoms with Gasteiger partial charge in [-0.15, -0.1) is 0 Å². The minimum absolute atomic E-state index is 0.0953. The van der Waals surface area contributed by atoms with Gasteiger partial charge in [0.2, 0.25) is 5.91 Å². The summed E-state index contributed by atoms with van der Waals surface area (Å²) in [6, 6.07) is 4.84. The van der Waals surface area contributed by atoms with E-state index >= 15 is 0 Å². The highest BCUT2D eigenvalue weighted by Gasteiger charge is 2.48. The third-order valence-electron chi connectivity index (χ3n) is 3.46. The standard InChI is InChI=1S/C13H18N2O4/c1-19-11-3-8(2-9(16)4-11)7-15-13(12(14)18)5-10(17)6-13/h2-4,10,15-17H,5-7H2,1H3,(H2,14,18). The van der Waals surface area contributed by atoms with Crippen molar-refractivity contribution in [3.05, 3.63) is 23.8 Å². The highest BCUT2D eigenvalue weighted by Crippen LogP contribution is 2.32. The Morgan fingerprint density at radius 1 is 1.53 bits per heavy atom. The number of nitrogens with one attached hydrogen (secondary N) is 1. The predicted molar refractivity (Wildman–Crippen MR) is 68.7 cm³/mol. The number of rotatable bonds is 5. The molecule has 6 heteroatoms. The molecule has 1 aromatic carbocycles. The first kappa shape index (κ1) is 13.6. The molecular formula is C13H18N2O4. The van der Waals surface area contributed by atoms with Crippen molar-refractivity contribution in [3.8, 4) is 11.5 Å². The largest absolute Gasteiger partial charge is 0.508 e. The predicted octanol–water partition coefficient (Wildman–Crippen LogP) is -0.131. The van der Waals surface area contributed by atoms with Crippen LogP contribution in [0.3, 0.4) is 0 Å². The van der Waals surface area contributed by atoms with Crippen molar-refractivity contribution in [1.29, 1.82) is 0 Å². The van der Waals surface area contributed by atoms with Crippen molar-refractivity contribution < 1.29 is 19.7 Å². The number of aromatic hydroxyl groups is 1. The fourth-order valence-electron chi connectivity index (χ4n) is 2.31. The summed E-state index contributed by atoms with van der Waals surface area (Å²) in [4.78, 5) is 11.4. The molecule has 0 aromatic heterocycles. The molecule has 1 fully saturated rings. The number of hydrogen-bond donors (Lipinski definition) is 4. The Balaban J connectivity index is 2.06. The lowest BCUT2D eigenvalue weighted by Crippen LogP contribution is -2.64. The second-order valence-corrected chi connectivity index (χ2v) is 4.90. The van der Waals surface area contributed by atoms with Gasteiger partial charge in [-0.2, -0.15) is 0 Å². The van der Waals surface area contributed by atoms with Crippen molar-refractivity contribution in [2.24, 2.45) is 5.73 Å². The van der Waals surface area contributed by atoms with Gasteiger partial charge in [0.15, 0.2) is 0 Å². The van der Waals surface area contributed by atoms with E-state index in [-0.39, 0.29) is 5.75 Å². The molecule has 0 radical (unpaired) electrons. The van der Waals surface area contributed by atoms with Crippen LogP contribution in [-0.2, 0) is 11.3 Å². The summed E-state index contributed by atoms with van der Waals surface area (Å²) >= 11 is 0. The number of methoxy groups -OCH3 is 1. The van der Waals surface area contributed by atoms with Gasteiger partial charge in [0, 0.05) is 25.5 Å². The van der Waals surface area contributed by atoms with E-state index in [0.29, 0.717) is 25.1 Å². The zero-order chi connectivity index (χ0) is 14.0. The Labute approximate surface area is 111 Å². The maximum atomic E-state index is 11.4. The van der Waals surface area contributed by atoms with Crippen LogP contribution in [0.25, 0.3) is 0 Å². The maximum Gasteiger partial charge on any atom is 0.237 e. The number of amides is 1. The lowest BCUT2D eigenvalue weighted by atomic mass is 9.73. The Morgan fingerprint density at radius 2 is 2.21 bits per heavy atom. The van der Waals surface area contributed by atoms with Crippen molar-refractivity contribution in [2.45, 2.75) is 31.0 Å². The number of carbonyl (C=O) groups excluding carboxylic acids is 1. The van der Waals surface area contributed by atoms with E-state index in [0.717, 1.165) is 5.56 Å². The maximum absolute atomic E-state index is 11.4. The number of hydrogen-bond acceptors (Lipinski definition) is 5. The molecular weight excluding hydrogens is 248 g/mol. The summed E-state index contributed by atoms with van der Waals surface area (Å²) in [6.07, 6.45) is 0.148. The number of ether oxygens (including phenoxy) is 1. The van der Waals surface area contributed by atoms with E-state index in [4.69, 9.17) is 10.5 Å². The molecule has 5 N–H and O–H groups in total. The molecule has 0 unspecified atom stereocenters. The van der Waals surface area contributed by atoms with Gasteiger partial charge < -0.3 is 20.7 Å². The van der Waals surface area contributed by atoms with Crippen LogP contribution in [0.4, 0.5) is 0 Å². The minimum Gasteiger partial charge on any atom is -0.508 e. The van der Waals surface area contributed by atoms with E-state index in [1.165, 1.54) is 13.2 Å². The molecule has 1 aromatic rings. The molecule has 2 rings (SSSR count). The second kappa shape index (κ2) is 5.07. The van der Waals surface area contributed by atoms with Gasteiger partial charge in [-0.25, -0.2) is 0 Å². The molecule has 0 atom stereocenters. The van der Waals surface area contributed by atoms with E-state index in [2.05, 4.69) is 5.32 Å². The zero-order valence-corrected chi connectivity index (χ0v) is 10.7. The summed E-state index contributed by atoms with van der Waals surface area (Å²) < 4.78 is 5.05.